The Kier molecular flexibility index (Phi) is 5.19. The number of carboxylic acids is 1. The molecule has 2 unspecified atom stereocenters. The van der Waals surface area contributed by atoms with Crippen LogP contribution in [0.3, 0.4) is 0 Å². The van der Waals surface area contributed by atoms with Gasteiger partial charge in [0.2, 0.25) is 0 Å². The monoisotopic (exact) mass is 279 g/mol. The highest BCUT2D eigenvalue weighted by Gasteiger charge is 2.23. The number of carbonyl (C=O) groups excluding carboxylic acids is 1. The van der Waals surface area contributed by atoms with Gasteiger partial charge in [-0.1, -0.05) is 13.8 Å². The van der Waals surface area contributed by atoms with Crippen molar-refractivity contribution in [3.63, 3.8) is 0 Å². The number of aliphatic carboxylic acids is 1. The average molecular weight is 279 g/mol. The topological polar surface area (TPSA) is 92.2 Å². The largest absolute Gasteiger partial charge is 0.481 e. The van der Waals surface area contributed by atoms with Gasteiger partial charge in [0.1, 0.15) is 5.82 Å². The number of aryl methyl sites for hydroxylation is 1. The van der Waals surface area contributed by atoms with Gasteiger partial charge in [-0.2, -0.15) is 0 Å². The Bertz CT molecular complexity index is 514. The molecule has 0 aliphatic rings. The Morgan fingerprint density at radius 3 is 2.35 bits per heavy atom. The second kappa shape index (κ2) is 6.45. The maximum atomic E-state index is 12.2. The quantitative estimate of drug-likeness (QED) is 0.856. The van der Waals surface area contributed by atoms with Crippen LogP contribution in [-0.2, 0) is 4.79 Å². The van der Waals surface area contributed by atoms with E-state index in [0.717, 1.165) is 0 Å². The molecule has 20 heavy (non-hydrogen) atoms. The number of carbonyl (C=O) groups is 2. The van der Waals surface area contributed by atoms with Crippen molar-refractivity contribution >= 4 is 11.9 Å². The molecule has 0 fully saturated rings. The molecular formula is C14H21N3O3. The smallest absolute Gasteiger partial charge is 0.308 e. The van der Waals surface area contributed by atoms with E-state index in [0.29, 0.717) is 17.1 Å². The van der Waals surface area contributed by atoms with Crippen molar-refractivity contribution in [1.82, 2.24) is 15.3 Å². The van der Waals surface area contributed by atoms with Crippen LogP contribution in [-0.4, -0.2) is 33.0 Å². The third kappa shape index (κ3) is 3.76. The molecule has 1 aromatic rings. The first-order valence-corrected chi connectivity index (χ1v) is 6.61. The van der Waals surface area contributed by atoms with Crippen molar-refractivity contribution in [2.45, 2.75) is 46.6 Å². The molecule has 1 aromatic heterocycles. The first kappa shape index (κ1) is 16.1. The number of carboxylic acid groups (broad SMARTS) is 1. The Morgan fingerprint density at radius 1 is 1.25 bits per heavy atom. The summed E-state index contributed by atoms with van der Waals surface area (Å²) in [6.45, 7) is 8.88. The Morgan fingerprint density at radius 2 is 1.85 bits per heavy atom. The van der Waals surface area contributed by atoms with E-state index in [9.17, 15) is 9.59 Å². The minimum Gasteiger partial charge on any atom is -0.481 e. The fraction of sp³-hybridized carbons (Fsp3) is 0.571. The number of nitrogens with zero attached hydrogens (tertiary/aromatic N) is 2. The van der Waals surface area contributed by atoms with Gasteiger partial charge < -0.3 is 10.4 Å². The lowest BCUT2D eigenvalue weighted by Crippen LogP contribution is -2.40. The summed E-state index contributed by atoms with van der Waals surface area (Å²) >= 11 is 0. The number of aromatic nitrogens is 2. The van der Waals surface area contributed by atoms with Crippen LogP contribution >= 0.6 is 0 Å². The number of amides is 1. The lowest BCUT2D eigenvalue weighted by Gasteiger charge is -2.19. The van der Waals surface area contributed by atoms with Gasteiger partial charge in [-0.05, 0) is 26.7 Å². The standard InChI is InChI=1S/C14H21N3O3/c1-7(2)12-11(6-15-10(5)17-12)13(18)16-9(4)8(3)14(19)20/h6-9H,1-5H3,(H,16,18)(H,19,20). The summed E-state index contributed by atoms with van der Waals surface area (Å²) in [6.07, 6.45) is 1.49. The maximum absolute atomic E-state index is 12.2. The zero-order valence-electron chi connectivity index (χ0n) is 12.5. The third-order valence-electron chi connectivity index (χ3n) is 3.23. The fourth-order valence-electron chi connectivity index (χ4n) is 1.73. The fourth-order valence-corrected chi connectivity index (χ4v) is 1.73. The summed E-state index contributed by atoms with van der Waals surface area (Å²) in [5, 5.41) is 11.6. The van der Waals surface area contributed by atoms with E-state index in [1.807, 2.05) is 13.8 Å². The van der Waals surface area contributed by atoms with E-state index in [1.165, 1.54) is 6.20 Å². The highest BCUT2D eigenvalue weighted by Crippen LogP contribution is 2.17. The van der Waals surface area contributed by atoms with Gasteiger partial charge in [0.25, 0.3) is 5.91 Å². The van der Waals surface area contributed by atoms with Crippen LogP contribution in [0, 0.1) is 12.8 Å². The molecule has 1 heterocycles. The van der Waals surface area contributed by atoms with Gasteiger partial charge >= 0.3 is 5.97 Å². The zero-order chi connectivity index (χ0) is 15.4. The summed E-state index contributed by atoms with van der Waals surface area (Å²) in [5.74, 6) is -1.24. The molecule has 2 N–H and O–H groups in total. The molecule has 0 aliphatic heterocycles. The molecule has 0 aromatic carbocycles. The second-order valence-electron chi connectivity index (χ2n) is 5.26. The lowest BCUT2D eigenvalue weighted by atomic mass is 10.0. The minimum absolute atomic E-state index is 0.0876. The molecular weight excluding hydrogens is 258 g/mol. The molecule has 0 saturated carbocycles. The van der Waals surface area contributed by atoms with Crippen LogP contribution in [0.4, 0.5) is 0 Å². The van der Waals surface area contributed by atoms with Gasteiger partial charge in [0.15, 0.2) is 0 Å². The molecule has 0 spiro atoms. The average Bonchev–Trinajstić information content (AvgIpc) is 2.37. The van der Waals surface area contributed by atoms with Gasteiger partial charge in [-0.15, -0.1) is 0 Å². The normalized spacial score (nSPS) is 13.9. The molecule has 0 aliphatic carbocycles. The first-order chi connectivity index (χ1) is 9.23. The molecule has 0 saturated heterocycles. The van der Waals surface area contributed by atoms with Gasteiger partial charge in [0.05, 0.1) is 17.2 Å². The third-order valence-corrected chi connectivity index (χ3v) is 3.23. The van der Waals surface area contributed by atoms with Crippen molar-refractivity contribution in [3.05, 3.63) is 23.3 Å². The Balaban J connectivity index is 2.96. The summed E-state index contributed by atoms with van der Waals surface area (Å²) in [7, 11) is 0. The molecule has 6 heteroatoms. The van der Waals surface area contributed by atoms with E-state index < -0.39 is 17.9 Å². The van der Waals surface area contributed by atoms with Gasteiger partial charge in [-0.25, -0.2) is 9.97 Å². The lowest BCUT2D eigenvalue weighted by molar-refractivity contribution is -0.141. The first-order valence-electron chi connectivity index (χ1n) is 6.61. The van der Waals surface area contributed by atoms with E-state index in [4.69, 9.17) is 5.11 Å². The summed E-state index contributed by atoms with van der Waals surface area (Å²) in [4.78, 5) is 31.5. The van der Waals surface area contributed by atoms with Crippen LogP contribution in [0.5, 0.6) is 0 Å². The summed E-state index contributed by atoms with van der Waals surface area (Å²) < 4.78 is 0. The SMILES string of the molecule is Cc1ncc(C(=O)NC(C)C(C)C(=O)O)c(C(C)C)n1. The number of hydrogen-bond donors (Lipinski definition) is 2. The van der Waals surface area contributed by atoms with Crippen LogP contribution in [0.2, 0.25) is 0 Å². The van der Waals surface area contributed by atoms with E-state index in [-0.39, 0.29) is 11.8 Å². The highest BCUT2D eigenvalue weighted by molar-refractivity contribution is 5.95. The van der Waals surface area contributed by atoms with Crippen LogP contribution in [0.25, 0.3) is 0 Å². The van der Waals surface area contributed by atoms with Crippen LogP contribution in [0.15, 0.2) is 6.20 Å². The van der Waals surface area contributed by atoms with Crippen molar-refractivity contribution < 1.29 is 14.7 Å². The van der Waals surface area contributed by atoms with Crippen molar-refractivity contribution in [1.29, 1.82) is 0 Å². The van der Waals surface area contributed by atoms with E-state index in [1.54, 1.807) is 20.8 Å². The second-order valence-corrected chi connectivity index (χ2v) is 5.26. The van der Waals surface area contributed by atoms with E-state index >= 15 is 0 Å². The minimum atomic E-state index is -0.943. The molecule has 1 amide bonds. The van der Waals surface area contributed by atoms with Gasteiger partial charge in [-0.3, -0.25) is 9.59 Å². The molecule has 6 nitrogen and oxygen atoms in total. The molecule has 110 valence electrons. The van der Waals surface area contributed by atoms with Gasteiger partial charge in [0, 0.05) is 12.2 Å². The number of hydrogen-bond acceptors (Lipinski definition) is 4. The Labute approximate surface area is 118 Å². The van der Waals surface area contributed by atoms with Crippen molar-refractivity contribution in [3.8, 4) is 0 Å². The van der Waals surface area contributed by atoms with E-state index in [2.05, 4.69) is 15.3 Å². The number of nitrogens with one attached hydrogen (secondary N) is 1. The number of rotatable bonds is 5. The molecule has 1 rings (SSSR count). The summed E-state index contributed by atoms with van der Waals surface area (Å²) in [5.41, 5.74) is 1.07. The van der Waals surface area contributed by atoms with Crippen LogP contribution < -0.4 is 5.32 Å². The molecule has 0 radical (unpaired) electrons. The highest BCUT2D eigenvalue weighted by atomic mass is 16.4. The predicted molar refractivity (Wildman–Crippen MR) is 74.6 cm³/mol. The Hall–Kier alpha value is -1.98. The zero-order valence-corrected chi connectivity index (χ0v) is 12.5. The maximum Gasteiger partial charge on any atom is 0.308 e. The molecule has 0 bridgehead atoms. The van der Waals surface area contributed by atoms with Crippen LogP contribution in [0.1, 0.15) is 55.5 Å². The predicted octanol–water partition coefficient (Wildman–Crippen LogP) is 1.75. The van der Waals surface area contributed by atoms with Crippen molar-refractivity contribution in [2.75, 3.05) is 0 Å². The summed E-state index contributed by atoms with van der Waals surface area (Å²) in [6, 6.07) is -0.471. The van der Waals surface area contributed by atoms with Crippen molar-refractivity contribution in [2.24, 2.45) is 5.92 Å². The molecule has 2 atom stereocenters.